The van der Waals surface area contributed by atoms with Crippen LogP contribution in [0.15, 0.2) is 39.5 Å². The summed E-state index contributed by atoms with van der Waals surface area (Å²) in [6, 6.07) is 7.76. The minimum Gasteiger partial charge on any atom is -0.464 e. The molecular formula is C11H7IN2O2. The van der Waals surface area contributed by atoms with Crippen molar-refractivity contribution in [2.45, 2.75) is 0 Å². The number of para-hydroxylation sites is 1. The Balaban J connectivity index is 2.30. The third kappa shape index (κ3) is 1.31. The first kappa shape index (κ1) is 9.71. The van der Waals surface area contributed by atoms with E-state index in [0.717, 1.165) is 20.1 Å². The van der Waals surface area contributed by atoms with Gasteiger partial charge in [0.2, 0.25) is 0 Å². The predicted octanol–water partition coefficient (Wildman–Crippen LogP) is 3.27. The van der Waals surface area contributed by atoms with Crippen LogP contribution in [0, 0.1) is 3.57 Å². The Hall–Kier alpha value is -1.50. The third-order valence-corrected chi connectivity index (χ3v) is 3.43. The summed E-state index contributed by atoms with van der Waals surface area (Å²) in [7, 11) is 0. The molecule has 2 heterocycles. The molecule has 0 spiro atoms. The molecule has 0 radical (unpaired) electrons. The van der Waals surface area contributed by atoms with E-state index in [2.05, 4.69) is 27.7 Å². The van der Waals surface area contributed by atoms with Crippen molar-refractivity contribution in [1.29, 1.82) is 0 Å². The average Bonchev–Trinajstić information content (AvgIpc) is 2.85. The number of nitrogen functional groups attached to an aromatic ring is 1. The zero-order valence-corrected chi connectivity index (χ0v) is 10.3. The summed E-state index contributed by atoms with van der Waals surface area (Å²) >= 11 is 2.11. The Kier molecular flexibility index (Phi) is 2.13. The van der Waals surface area contributed by atoms with Crippen LogP contribution in [0.1, 0.15) is 0 Å². The molecule has 16 heavy (non-hydrogen) atoms. The van der Waals surface area contributed by atoms with Gasteiger partial charge in [-0.15, -0.1) is 0 Å². The normalized spacial score (nSPS) is 11.1. The second-order valence-corrected chi connectivity index (χ2v) is 4.44. The van der Waals surface area contributed by atoms with Crippen LogP contribution < -0.4 is 5.73 Å². The van der Waals surface area contributed by atoms with Gasteiger partial charge < -0.3 is 14.7 Å². The van der Waals surface area contributed by atoms with E-state index in [0.29, 0.717) is 11.6 Å². The lowest BCUT2D eigenvalue weighted by molar-refractivity contribution is 0.435. The first-order chi connectivity index (χ1) is 7.77. The van der Waals surface area contributed by atoms with Gasteiger partial charge in [0.25, 0.3) is 0 Å². The highest BCUT2D eigenvalue weighted by molar-refractivity contribution is 14.1. The summed E-state index contributed by atoms with van der Waals surface area (Å²) in [5.41, 5.74) is 7.35. The average molecular weight is 326 g/mol. The van der Waals surface area contributed by atoms with Crippen LogP contribution in [0.4, 0.5) is 5.82 Å². The zero-order chi connectivity index (χ0) is 11.1. The van der Waals surface area contributed by atoms with Gasteiger partial charge in [-0.05, 0) is 28.7 Å². The fourth-order valence-electron chi connectivity index (χ4n) is 1.61. The lowest BCUT2D eigenvalue weighted by Gasteiger charge is -1.92. The summed E-state index contributed by atoms with van der Waals surface area (Å²) in [5.74, 6) is 1.06. The van der Waals surface area contributed by atoms with Gasteiger partial charge in [0.1, 0.15) is 15.4 Å². The Labute approximate surface area is 105 Å². The number of hydrogen-bond donors (Lipinski definition) is 1. The zero-order valence-electron chi connectivity index (χ0n) is 8.11. The van der Waals surface area contributed by atoms with Gasteiger partial charge in [-0.1, -0.05) is 23.4 Å². The molecule has 1 aromatic carbocycles. The van der Waals surface area contributed by atoms with E-state index in [4.69, 9.17) is 14.7 Å². The van der Waals surface area contributed by atoms with Crippen molar-refractivity contribution in [3.63, 3.8) is 0 Å². The predicted molar refractivity (Wildman–Crippen MR) is 68.8 cm³/mol. The molecule has 0 aliphatic carbocycles. The van der Waals surface area contributed by atoms with Crippen molar-refractivity contribution in [3.8, 4) is 11.3 Å². The number of nitrogens with zero attached hydrogens (tertiary/aromatic N) is 1. The molecule has 0 fully saturated rings. The molecule has 4 nitrogen and oxygen atoms in total. The number of furan rings is 1. The van der Waals surface area contributed by atoms with Crippen LogP contribution in [0.25, 0.3) is 22.3 Å². The first-order valence-electron chi connectivity index (χ1n) is 4.64. The monoisotopic (exact) mass is 326 g/mol. The Morgan fingerprint density at radius 2 is 2.06 bits per heavy atom. The Bertz CT molecular complexity index is 657. The minimum absolute atomic E-state index is 0.404. The van der Waals surface area contributed by atoms with E-state index in [1.807, 2.05) is 24.3 Å². The molecule has 0 bridgehead atoms. The molecule has 5 heteroatoms. The summed E-state index contributed by atoms with van der Waals surface area (Å²) in [6.45, 7) is 0. The van der Waals surface area contributed by atoms with Crippen LogP contribution in [0.2, 0.25) is 0 Å². The van der Waals surface area contributed by atoms with Gasteiger partial charge in [0, 0.05) is 5.39 Å². The Morgan fingerprint density at radius 3 is 2.81 bits per heavy atom. The molecule has 0 saturated carbocycles. The molecule has 0 atom stereocenters. The highest BCUT2D eigenvalue weighted by Crippen LogP contribution is 2.35. The van der Waals surface area contributed by atoms with E-state index in [-0.39, 0.29) is 0 Å². The maximum absolute atomic E-state index is 5.65. The number of hydrogen-bond acceptors (Lipinski definition) is 4. The third-order valence-electron chi connectivity index (χ3n) is 2.39. The van der Waals surface area contributed by atoms with Crippen LogP contribution in [0.3, 0.4) is 0 Å². The maximum Gasteiger partial charge on any atom is 0.186 e. The molecular weight excluding hydrogens is 319 g/mol. The summed E-state index contributed by atoms with van der Waals surface area (Å²) in [4.78, 5) is 0. The molecule has 2 aromatic heterocycles. The lowest BCUT2D eigenvalue weighted by atomic mass is 10.1. The quantitative estimate of drug-likeness (QED) is 0.697. The van der Waals surface area contributed by atoms with Gasteiger partial charge in [-0.2, -0.15) is 0 Å². The van der Waals surface area contributed by atoms with Crippen molar-refractivity contribution in [1.82, 2.24) is 5.16 Å². The largest absolute Gasteiger partial charge is 0.464 e. The highest BCUT2D eigenvalue weighted by Gasteiger charge is 2.17. The maximum atomic E-state index is 5.65. The Morgan fingerprint density at radius 1 is 1.25 bits per heavy atom. The van der Waals surface area contributed by atoms with E-state index >= 15 is 0 Å². The molecule has 3 aromatic rings. The van der Waals surface area contributed by atoms with E-state index in [9.17, 15) is 0 Å². The van der Waals surface area contributed by atoms with Crippen molar-refractivity contribution >= 4 is 39.4 Å². The number of fused-ring (bicyclic) bond motifs is 1. The fraction of sp³-hybridized carbons (Fsp3) is 0. The standard InChI is InChI=1S/C11H7IN2O2/c12-9-10(16-14-11(9)13)7-5-15-8-4-2-1-3-6(7)8/h1-5H,(H2,13,14). The summed E-state index contributed by atoms with van der Waals surface area (Å²) in [6.07, 6.45) is 1.66. The van der Waals surface area contributed by atoms with Gasteiger partial charge in [0.15, 0.2) is 11.6 Å². The van der Waals surface area contributed by atoms with E-state index in [1.54, 1.807) is 6.26 Å². The number of benzene rings is 1. The topological polar surface area (TPSA) is 65.2 Å². The molecule has 80 valence electrons. The smallest absolute Gasteiger partial charge is 0.186 e. The van der Waals surface area contributed by atoms with Crippen LogP contribution in [0.5, 0.6) is 0 Å². The van der Waals surface area contributed by atoms with Gasteiger partial charge in [-0.3, -0.25) is 0 Å². The molecule has 3 rings (SSSR count). The molecule has 0 unspecified atom stereocenters. The fourth-order valence-corrected chi connectivity index (χ4v) is 2.10. The number of aromatic nitrogens is 1. The molecule has 0 aliphatic heterocycles. The van der Waals surface area contributed by atoms with Crippen LogP contribution in [-0.4, -0.2) is 5.16 Å². The number of anilines is 1. The van der Waals surface area contributed by atoms with E-state index in [1.165, 1.54) is 0 Å². The van der Waals surface area contributed by atoms with Crippen LogP contribution in [-0.2, 0) is 0 Å². The summed E-state index contributed by atoms with van der Waals surface area (Å²) < 4.78 is 11.5. The lowest BCUT2D eigenvalue weighted by Crippen LogP contribution is -1.85. The summed E-state index contributed by atoms with van der Waals surface area (Å²) in [5, 5.41) is 4.73. The van der Waals surface area contributed by atoms with Crippen molar-refractivity contribution in [3.05, 3.63) is 34.1 Å². The van der Waals surface area contributed by atoms with Gasteiger partial charge in [0.05, 0.1) is 5.56 Å². The van der Waals surface area contributed by atoms with E-state index < -0.39 is 0 Å². The molecule has 0 amide bonds. The number of nitrogens with two attached hydrogens (primary N) is 1. The highest BCUT2D eigenvalue weighted by atomic mass is 127. The molecule has 2 N–H and O–H groups in total. The SMILES string of the molecule is Nc1noc(-c2coc3ccccc23)c1I. The number of halogens is 1. The van der Waals surface area contributed by atoms with Crippen LogP contribution >= 0.6 is 22.6 Å². The van der Waals surface area contributed by atoms with Crippen molar-refractivity contribution in [2.24, 2.45) is 0 Å². The van der Waals surface area contributed by atoms with Crippen molar-refractivity contribution < 1.29 is 8.94 Å². The van der Waals surface area contributed by atoms with Gasteiger partial charge in [-0.25, -0.2) is 0 Å². The van der Waals surface area contributed by atoms with Gasteiger partial charge >= 0.3 is 0 Å². The first-order valence-corrected chi connectivity index (χ1v) is 5.72. The minimum atomic E-state index is 0.404. The number of rotatable bonds is 1. The molecule has 0 aliphatic rings. The second-order valence-electron chi connectivity index (χ2n) is 3.36. The van der Waals surface area contributed by atoms with Crippen molar-refractivity contribution in [2.75, 3.05) is 5.73 Å². The molecule has 0 saturated heterocycles. The second kappa shape index (κ2) is 3.51.